The highest BCUT2D eigenvalue weighted by Gasteiger charge is 2.18. The number of benzene rings is 1. The van der Waals surface area contributed by atoms with E-state index in [9.17, 15) is 4.79 Å². The van der Waals surface area contributed by atoms with Crippen molar-refractivity contribution in [2.75, 3.05) is 5.32 Å². The fourth-order valence-electron chi connectivity index (χ4n) is 2.15. The molecule has 0 saturated carbocycles. The molecule has 0 fully saturated rings. The van der Waals surface area contributed by atoms with Crippen LogP contribution in [0.15, 0.2) is 42.7 Å². The summed E-state index contributed by atoms with van der Waals surface area (Å²) in [4.78, 5) is 16.4. The first-order chi connectivity index (χ1) is 10.6. The van der Waals surface area contributed by atoms with E-state index < -0.39 is 0 Å². The van der Waals surface area contributed by atoms with E-state index in [0.29, 0.717) is 17.3 Å². The molecule has 2 aromatic heterocycles. The van der Waals surface area contributed by atoms with Gasteiger partial charge in [0.1, 0.15) is 5.02 Å². The fourth-order valence-corrected chi connectivity index (χ4v) is 2.40. The number of hydrogen-bond acceptors (Lipinski definition) is 3. The van der Waals surface area contributed by atoms with Crippen LogP contribution in [0.4, 0.5) is 5.69 Å². The van der Waals surface area contributed by atoms with Crippen molar-refractivity contribution in [2.45, 2.75) is 19.8 Å². The molecule has 0 unspecified atom stereocenters. The highest BCUT2D eigenvalue weighted by atomic mass is 35.5. The molecule has 0 aliphatic rings. The van der Waals surface area contributed by atoms with E-state index in [0.717, 1.165) is 0 Å². The zero-order valence-electron chi connectivity index (χ0n) is 12.2. The summed E-state index contributed by atoms with van der Waals surface area (Å²) in [7, 11) is 0. The monoisotopic (exact) mass is 314 g/mol. The van der Waals surface area contributed by atoms with Crippen molar-refractivity contribution in [1.29, 1.82) is 0 Å². The van der Waals surface area contributed by atoms with Crippen LogP contribution in [0.1, 0.15) is 35.8 Å². The lowest BCUT2D eigenvalue weighted by molar-refractivity contribution is 0.102. The number of hydrogen-bond donors (Lipinski definition) is 1. The molecule has 3 rings (SSSR count). The summed E-state index contributed by atoms with van der Waals surface area (Å²) in [6, 6.07) is 9.45. The number of fused-ring (bicyclic) bond motifs is 1. The van der Waals surface area contributed by atoms with Crippen LogP contribution in [0.3, 0.4) is 0 Å². The molecule has 0 atom stereocenters. The van der Waals surface area contributed by atoms with Gasteiger partial charge in [0.2, 0.25) is 0 Å². The van der Waals surface area contributed by atoms with Gasteiger partial charge in [-0.15, -0.1) is 0 Å². The van der Waals surface area contributed by atoms with Crippen LogP contribution < -0.4 is 5.32 Å². The predicted molar refractivity (Wildman–Crippen MR) is 86.5 cm³/mol. The molecule has 0 bridgehead atoms. The van der Waals surface area contributed by atoms with Gasteiger partial charge in [0.15, 0.2) is 11.3 Å². The van der Waals surface area contributed by atoms with Crippen molar-refractivity contribution < 1.29 is 4.79 Å². The van der Waals surface area contributed by atoms with E-state index in [1.54, 1.807) is 18.5 Å². The minimum absolute atomic E-state index is 0.160. The van der Waals surface area contributed by atoms with Gasteiger partial charge in [-0.2, -0.15) is 5.10 Å². The van der Waals surface area contributed by atoms with Gasteiger partial charge in [-0.25, -0.2) is 9.50 Å². The third kappa shape index (κ3) is 2.67. The fraction of sp³-hybridized carbons (Fsp3) is 0.188. The number of nitrogens with one attached hydrogen (secondary N) is 1. The Kier molecular flexibility index (Phi) is 3.81. The molecule has 1 amide bonds. The van der Waals surface area contributed by atoms with E-state index in [2.05, 4.69) is 29.2 Å². The molecule has 6 heteroatoms. The van der Waals surface area contributed by atoms with Crippen molar-refractivity contribution >= 4 is 28.8 Å². The van der Waals surface area contributed by atoms with Crippen LogP contribution in [0.25, 0.3) is 5.65 Å². The number of carbonyl (C=O) groups excluding carboxylic acids is 1. The number of carbonyl (C=O) groups is 1. The first-order valence-electron chi connectivity index (χ1n) is 6.96. The molecule has 3 aromatic rings. The average Bonchev–Trinajstić information content (AvgIpc) is 2.85. The Bertz CT molecular complexity index is 824. The van der Waals surface area contributed by atoms with Gasteiger partial charge >= 0.3 is 0 Å². The van der Waals surface area contributed by atoms with Crippen molar-refractivity contribution in [2.24, 2.45) is 0 Å². The normalized spacial score (nSPS) is 11.1. The van der Waals surface area contributed by atoms with E-state index in [1.807, 2.05) is 24.3 Å². The summed E-state index contributed by atoms with van der Waals surface area (Å²) < 4.78 is 1.49. The highest BCUT2D eigenvalue weighted by molar-refractivity contribution is 6.37. The Morgan fingerprint density at radius 3 is 2.64 bits per heavy atom. The minimum atomic E-state index is -0.354. The molecule has 0 radical (unpaired) electrons. The van der Waals surface area contributed by atoms with E-state index >= 15 is 0 Å². The lowest BCUT2D eigenvalue weighted by Gasteiger charge is -2.07. The number of halogens is 1. The number of aromatic nitrogens is 3. The molecule has 22 heavy (non-hydrogen) atoms. The number of amides is 1. The highest BCUT2D eigenvalue weighted by Crippen LogP contribution is 2.22. The Balaban J connectivity index is 1.85. The minimum Gasteiger partial charge on any atom is -0.321 e. The van der Waals surface area contributed by atoms with Crippen LogP contribution in [0.5, 0.6) is 0 Å². The van der Waals surface area contributed by atoms with Gasteiger partial charge in [-0.05, 0) is 29.7 Å². The second kappa shape index (κ2) is 5.77. The molecule has 0 aliphatic carbocycles. The Labute approximate surface area is 132 Å². The predicted octanol–water partition coefficient (Wildman–Crippen LogP) is 3.76. The Morgan fingerprint density at radius 2 is 2.00 bits per heavy atom. The standard InChI is InChI=1S/C16H15ClN4O/c1-10(2)11-4-6-12(7-5-11)19-16(22)14-13(17)15-18-8-3-9-21(15)20-14/h3-10H,1-2H3,(H,19,22). The van der Waals surface area contributed by atoms with Crippen molar-refractivity contribution in [3.05, 3.63) is 59.0 Å². The second-order valence-corrected chi connectivity index (χ2v) is 5.66. The maximum absolute atomic E-state index is 12.3. The van der Waals surface area contributed by atoms with Crippen LogP contribution in [-0.4, -0.2) is 20.5 Å². The van der Waals surface area contributed by atoms with Crippen LogP contribution >= 0.6 is 11.6 Å². The van der Waals surface area contributed by atoms with Gasteiger partial charge in [0.05, 0.1) is 0 Å². The molecule has 0 saturated heterocycles. The molecule has 2 heterocycles. The number of rotatable bonds is 3. The molecule has 112 valence electrons. The van der Waals surface area contributed by atoms with Crippen molar-refractivity contribution in [1.82, 2.24) is 14.6 Å². The Hall–Kier alpha value is -2.40. The van der Waals surface area contributed by atoms with Gasteiger partial charge in [0.25, 0.3) is 5.91 Å². The molecule has 0 spiro atoms. The van der Waals surface area contributed by atoms with Crippen molar-refractivity contribution in [3.8, 4) is 0 Å². The van der Waals surface area contributed by atoms with Gasteiger partial charge in [-0.1, -0.05) is 37.6 Å². The van der Waals surface area contributed by atoms with E-state index in [-0.39, 0.29) is 16.6 Å². The third-order valence-electron chi connectivity index (χ3n) is 3.39. The summed E-state index contributed by atoms with van der Waals surface area (Å²) in [6.07, 6.45) is 3.30. The maximum atomic E-state index is 12.3. The molecular weight excluding hydrogens is 300 g/mol. The topological polar surface area (TPSA) is 59.3 Å². The quantitative estimate of drug-likeness (QED) is 0.800. The lowest BCUT2D eigenvalue weighted by atomic mass is 10.0. The summed E-state index contributed by atoms with van der Waals surface area (Å²) in [5.41, 5.74) is 2.54. The maximum Gasteiger partial charge on any atom is 0.277 e. The van der Waals surface area contributed by atoms with E-state index in [1.165, 1.54) is 10.1 Å². The molecular formula is C16H15ClN4O. The lowest BCUT2D eigenvalue weighted by Crippen LogP contribution is -2.13. The van der Waals surface area contributed by atoms with E-state index in [4.69, 9.17) is 11.6 Å². The Morgan fingerprint density at radius 1 is 1.27 bits per heavy atom. The summed E-state index contributed by atoms with van der Waals surface area (Å²) in [6.45, 7) is 4.24. The molecule has 1 N–H and O–H groups in total. The zero-order valence-corrected chi connectivity index (χ0v) is 13.0. The summed E-state index contributed by atoms with van der Waals surface area (Å²) >= 11 is 6.18. The first-order valence-corrected chi connectivity index (χ1v) is 7.34. The first kappa shape index (κ1) is 14.5. The average molecular weight is 315 g/mol. The SMILES string of the molecule is CC(C)c1ccc(NC(=O)c2nn3cccnc3c2Cl)cc1. The third-order valence-corrected chi connectivity index (χ3v) is 3.74. The van der Waals surface area contributed by atoms with Crippen molar-refractivity contribution in [3.63, 3.8) is 0 Å². The van der Waals surface area contributed by atoms with Gasteiger partial charge < -0.3 is 5.32 Å². The smallest absolute Gasteiger partial charge is 0.277 e. The molecule has 0 aliphatic heterocycles. The second-order valence-electron chi connectivity index (χ2n) is 5.28. The summed E-state index contributed by atoms with van der Waals surface area (Å²) in [5, 5.41) is 7.21. The van der Waals surface area contributed by atoms with Gasteiger partial charge in [0, 0.05) is 18.1 Å². The van der Waals surface area contributed by atoms with Crippen LogP contribution in [0, 0.1) is 0 Å². The largest absolute Gasteiger partial charge is 0.321 e. The van der Waals surface area contributed by atoms with Crippen LogP contribution in [0.2, 0.25) is 5.02 Å². The number of nitrogens with zero attached hydrogens (tertiary/aromatic N) is 3. The van der Waals surface area contributed by atoms with Gasteiger partial charge in [-0.3, -0.25) is 4.79 Å². The molecule has 5 nitrogen and oxygen atoms in total. The van der Waals surface area contributed by atoms with Crippen LogP contribution in [-0.2, 0) is 0 Å². The summed E-state index contributed by atoms with van der Waals surface area (Å²) in [5.74, 6) is 0.0940. The zero-order chi connectivity index (χ0) is 15.7. The number of anilines is 1. The molecule has 1 aromatic carbocycles.